The van der Waals surface area contributed by atoms with Crippen molar-refractivity contribution in [2.24, 2.45) is 0 Å². The molecule has 1 radical (unpaired) electrons. The minimum Gasteiger partial charge on any atom is -0.478 e. The fourth-order valence-corrected chi connectivity index (χ4v) is 1.07. The molecule has 0 spiro atoms. The van der Waals surface area contributed by atoms with Gasteiger partial charge in [-0.2, -0.15) is 0 Å². The number of benzene rings is 1. The largest absolute Gasteiger partial charge is 0.478 e. The van der Waals surface area contributed by atoms with Gasteiger partial charge in [-0.3, -0.25) is 0 Å². The lowest BCUT2D eigenvalue weighted by Gasteiger charge is -1.96. The Morgan fingerprint density at radius 3 is 2.64 bits per heavy atom. The van der Waals surface area contributed by atoms with Crippen molar-refractivity contribution in [1.29, 1.82) is 0 Å². The van der Waals surface area contributed by atoms with Crippen LogP contribution < -0.4 is 0 Å². The van der Waals surface area contributed by atoms with Crippen LogP contribution in [0.4, 0.5) is 0 Å². The van der Waals surface area contributed by atoms with Gasteiger partial charge in [-0.05, 0) is 12.1 Å². The molecule has 0 aliphatic rings. The zero-order valence-corrected chi connectivity index (χ0v) is 6.78. The minimum atomic E-state index is -1.08. The summed E-state index contributed by atoms with van der Waals surface area (Å²) in [5.41, 5.74) is 0.0102. The van der Waals surface area contributed by atoms with Crippen molar-refractivity contribution < 1.29 is 9.90 Å². The van der Waals surface area contributed by atoms with Crippen LogP contribution in [0.15, 0.2) is 12.1 Å². The molecule has 0 unspecified atom stereocenters. The van der Waals surface area contributed by atoms with Crippen LogP contribution in [0.25, 0.3) is 0 Å². The van der Waals surface area contributed by atoms with Crippen LogP contribution in [-0.4, -0.2) is 11.1 Å². The van der Waals surface area contributed by atoms with E-state index in [1.54, 1.807) is 0 Å². The van der Waals surface area contributed by atoms with E-state index >= 15 is 0 Å². The SMILES string of the molecule is O=C(O)c1c[c]c(Cl)cc1Cl. The zero-order valence-electron chi connectivity index (χ0n) is 5.27. The second kappa shape index (κ2) is 3.11. The highest BCUT2D eigenvalue weighted by Gasteiger charge is 2.07. The Morgan fingerprint density at radius 1 is 1.55 bits per heavy atom. The molecule has 0 aromatic heterocycles. The van der Waals surface area contributed by atoms with Gasteiger partial charge in [0.25, 0.3) is 0 Å². The highest BCUT2D eigenvalue weighted by molar-refractivity contribution is 6.36. The van der Waals surface area contributed by atoms with Crippen molar-refractivity contribution >= 4 is 29.2 Å². The van der Waals surface area contributed by atoms with Crippen LogP contribution in [0, 0.1) is 6.07 Å². The van der Waals surface area contributed by atoms with Gasteiger partial charge in [-0.15, -0.1) is 0 Å². The summed E-state index contributed by atoms with van der Waals surface area (Å²) in [6, 6.07) is 5.11. The van der Waals surface area contributed by atoms with Gasteiger partial charge >= 0.3 is 5.97 Å². The first-order valence-electron chi connectivity index (χ1n) is 2.71. The summed E-state index contributed by atoms with van der Waals surface area (Å²) in [6.45, 7) is 0. The van der Waals surface area contributed by atoms with E-state index in [9.17, 15) is 4.79 Å². The molecule has 0 amide bonds. The van der Waals surface area contributed by atoms with Crippen LogP contribution in [-0.2, 0) is 0 Å². The second-order valence-corrected chi connectivity index (χ2v) is 2.66. The first-order chi connectivity index (χ1) is 5.11. The third-order valence-electron chi connectivity index (χ3n) is 1.10. The van der Waals surface area contributed by atoms with Gasteiger partial charge in [0.05, 0.1) is 10.6 Å². The Bertz CT molecular complexity index is 296. The van der Waals surface area contributed by atoms with Crippen LogP contribution in [0.5, 0.6) is 0 Å². The molecule has 1 N–H and O–H groups in total. The summed E-state index contributed by atoms with van der Waals surface area (Å²) in [5, 5.41) is 8.94. The Balaban J connectivity index is 3.20. The van der Waals surface area contributed by atoms with Crippen molar-refractivity contribution in [3.8, 4) is 0 Å². The predicted octanol–water partition coefficient (Wildman–Crippen LogP) is 2.49. The summed E-state index contributed by atoms with van der Waals surface area (Å²) in [6.07, 6.45) is 0. The van der Waals surface area contributed by atoms with E-state index in [0.29, 0.717) is 5.02 Å². The monoisotopic (exact) mass is 189 g/mol. The predicted molar refractivity (Wildman–Crippen MR) is 42.3 cm³/mol. The average Bonchev–Trinajstić information content (AvgIpc) is 1.85. The van der Waals surface area contributed by atoms with Crippen molar-refractivity contribution in [2.75, 3.05) is 0 Å². The normalized spacial score (nSPS) is 9.64. The highest BCUT2D eigenvalue weighted by Crippen LogP contribution is 2.19. The van der Waals surface area contributed by atoms with Gasteiger partial charge in [-0.25, -0.2) is 4.79 Å². The molecule has 0 aliphatic carbocycles. The van der Waals surface area contributed by atoms with Crippen LogP contribution >= 0.6 is 23.2 Å². The molecule has 1 rings (SSSR count). The fraction of sp³-hybridized carbons (Fsp3) is 0. The molecule has 0 fully saturated rings. The molecule has 0 heterocycles. The number of aromatic carboxylic acids is 1. The number of hydrogen-bond acceptors (Lipinski definition) is 1. The molecule has 0 bridgehead atoms. The van der Waals surface area contributed by atoms with Crippen LogP contribution in [0.3, 0.4) is 0 Å². The maximum atomic E-state index is 10.4. The molecule has 0 atom stereocenters. The fourth-order valence-electron chi connectivity index (χ4n) is 0.605. The van der Waals surface area contributed by atoms with Gasteiger partial charge in [-0.1, -0.05) is 23.2 Å². The van der Waals surface area contributed by atoms with E-state index < -0.39 is 5.97 Å². The summed E-state index contributed by atoms with van der Waals surface area (Å²) in [7, 11) is 0. The van der Waals surface area contributed by atoms with Crippen molar-refractivity contribution in [2.45, 2.75) is 0 Å². The van der Waals surface area contributed by atoms with Crippen LogP contribution in [0.1, 0.15) is 10.4 Å². The number of hydrogen-bond donors (Lipinski definition) is 1. The summed E-state index contributed by atoms with van der Waals surface area (Å²) in [4.78, 5) is 10.4. The van der Waals surface area contributed by atoms with E-state index in [4.69, 9.17) is 28.3 Å². The lowest BCUT2D eigenvalue weighted by Crippen LogP contribution is -1.96. The number of halogens is 2. The van der Waals surface area contributed by atoms with Crippen LogP contribution in [0.2, 0.25) is 10.0 Å². The first-order valence-corrected chi connectivity index (χ1v) is 3.47. The molecular formula is C7H3Cl2O2. The van der Waals surface area contributed by atoms with Gasteiger partial charge < -0.3 is 5.11 Å². The van der Waals surface area contributed by atoms with Gasteiger partial charge in [0.2, 0.25) is 0 Å². The first kappa shape index (κ1) is 8.37. The lowest BCUT2D eigenvalue weighted by molar-refractivity contribution is 0.0697. The smallest absolute Gasteiger partial charge is 0.337 e. The van der Waals surface area contributed by atoms with Gasteiger partial charge in [0.1, 0.15) is 0 Å². The molecule has 11 heavy (non-hydrogen) atoms. The van der Waals surface area contributed by atoms with E-state index in [0.717, 1.165) is 0 Å². The van der Waals surface area contributed by atoms with Crippen molar-refractivity contribution in [3.05, 3.63) is 33.8 Å². The molecule has 1 aromatic rings. The third-order valence-corrected chi connectivity index (χ3v) is 1.63. The molecular weight excluding hydrogens is 187 g/mol. The third kappa shape index (κ3) is 1.85. The van der Waals surface area contributed by atoms with E-state index in [2.05, 4.69) is 6.07 Å². The minimum absolute atomic E-state index is 0.0102. The standard InChI is InChI=1S/C7H3Cl2O2/c8-4-1-2-5(7(10)11)6(9)3-4/h2-3H,(H,10,11). The average molecular weight is 190 g/mol. The van der Waals surface area contributed by atoms with Gasteiger partial charge in [0, 0.05) is 11.1 Å². The molecule has 2 nitrogen and oxygen atoms in total. The summed E-state index contributed by atoms with van der Waals surface area (Å²) < 4.78 is 0. The highest BCUT2D eigenvalue weighted by atomic mass is 35.5. The number of rotatable bonds is 1. The van der Waals surface area contributed by atoms with Crippen molar-refractivity contribution in [3.63, 3.8) is 0 Å². The van der Waals surface area contributed by atoms with Gasteiger partial charge in [0.15, 0.2) is 0 Å². The molecule has 1 aromatic carbocycles. The molecule has 0 saturated carbocycles. The number of carboxylic acids is 1. The quantitative estimate of drug-likeness (QED) is 0.738. The maximum Gasteiger partial charge on any atom is 0.337 e. The number of carboxylic acid groups (broad SMARTS) is 1. The summed E-state index contributed by atoms with van der Waals surface area (Å²) in [5.74, 6) is -1.08. The Morgan fingerprint density at radius 2 is 2.18 bits per heavy atom. The lowest BCUT2D eigenvalue weighted by atomic mass is 10.2. The molecule has 0 saturated heterocycles. The number of carbonyl (C=O) groups is 1. The maximum absolute atomic E-state index is 10.4. The summed E-state index contributed by atoms with van der Waals surface area (Å²) >= 11 is 11.0. The Kier molecular flexibility index (Phi) is 2.37. The van der Waals surface area contributed by atoms with E-state index in [1.807, 2.05) is 0 Å². The van der Waals surface area contributed by atoms with Crippen molar-refractivity contribution in [1.82, 2.24) is 0 Å². The Labute approximate surface area is 73.4 Å². The van der Waals surface area contributed by atoms with E-state index in [-0.39, 0.29) is 10.6 Å². The molecule has 4 heteroatoms. The molecule has 0 aliphatic heterocycles. The van der Waals surface area contributed by atoms with E-state index in [1.165, 1.54) is 12.1 Å². The topological polar surface area (TPSA) is 37.3 Å². The molecule has 57 valence electrons. The zero-order chi connectivity index (χ0) is 8.43. The second-order valence-electron chi connectivity index (χ2n) is 1.85. The Hall–Kier alpha value is -0.730.